The van der Waals surface area contributed by atoms with E-state index in [-0.39, 0.29) is 18.0 Å². The Balaban J connectivity index is 0. The molecule has 0 saturated heterocycles. The molecule has 0 aromatic heterocycles. The molecule has 3 heteroatoms. The van der Waals surface area contributed by atoms with Gasteiger partial charge in [-0.25, -0.2) is 0 Å². The van der Waals surface area contributed by atoms with E-state index < -0.39 is 5.97 Å². The molecule has 0 amide bonds. The Bertz CT molecular complexity index is 75.7. The first kappa shape index (κ1) is 9.71. The van der Waals surface area contributed by atoms with Crippen molar-refractivity contribution in [1.82, 2.24) is 0 Å². The minimum Gasteiger partial charge on any atom is -0.545 e. The first-order chi connectivity index (χ1) is 2.64. The van der Waals surface area contributed by atoms with Gasteiger partial charge in [0.25, 0.3) is 0 Å². The lowest BCUT2D eigenvalue weighted by Gasteiger charge is -1.93. The highest BCUT2D eigenvalue weighted by atomic mass is 35.5. The van der Waals surface area contributed by atoms with Crippen LogP contribution in [0.3, 0.4) is 0 Å². The van der Waals surface area contributed by atoms with E-state index >= 15 is 0 Å². The number of hydrogen-bond acceptors (Lipinski definition) is 2. The van der Waals surface area contributed by atoms with Gasteiger partial charge in [-0.1, -0.05) is 6.58 Å². The molecule has 0 heterocycles. The molecule has 0 N–H and O–H groups in total. The van der Waals surface area contributed by atoms with Crippen LogP contribution in [-0.2, 0) is 4.79 Å². The zero-order valence-corrected chi connectivity index (χ0v) is 4.87. The molecule has 0 spiro atoms. The highest BCUT2D eigenvalue weighted by Crippen LogP contribution is 1.77. The molecule has 0 bridgehead atoms. The Kier molecular flexibility index (Phi) is 5.11. The number of carbonyl (C=O) groups is 1. The van der Waals surface area contributed by atoms with E-state index in [1.54, 1.807) is 0 Å². The van der Waals surface area contributed by atoms with Crippen LogP contribution in [0, 0.1) is 12.4 Å². The van der Waals surface area contributed by atoms with Crippen LogP contribution in [0.4, 0.5) is 0 Å². The summed E-state index contributed by atoms with van der Waals surface area (Å²) in [5, 5.41) is 9.49. The molecule has 0 aromatic carbocycles. The lowest BCUT2D eigenvalue weighted by atomic mass is 10.4. The molecule has 0 radical (unpaired) electrons. The van der Waals surface area contributed by atoms with Crippen LogP contribution in [-0.4, -0.2) is 5.97 Å². The maximum Gasteiger partial charge on any atom is 0.0903 e. The lowest BCUT2D eigenvalue weighted by molar-refractivity contribution is -0.299. The van der Waals surface area contributed by atoms with Crippen LogP contribution in [0.1, 0.15) is 6.92 Å². The highest BCUT2D eigenvalue weighted by Gasteiger charge is 1.76. The van der Waals surface area contributed by atoms with Gasteiger partial charge >= 0.3 is 0 Å². The third-order valence-corrected chi connectivity index (χ3v) is 0.348. The summed E-state index contributed by atoms with van der Waals surface area (Å²) in [7, 11) is 0. The third-order valence-electron chi connectivity index (χ3n) is 0.348. The standard InChI is InChI=1S/C4H6O2.ClH2/c1-3(2)4(5)6;/h1H2,2H3,(H,5,6);1H2/q;+1/p-1. The van der Waals surface area contributed by atoms with Gasteiger partial charge in [0.15, 0.2) is 0 Å². The number of carboxylic acid groups (broad SMARTS) is 1. The predicted molar refractivity (Wildman–Crippen MR) is 22.6 cm³/mol. The second-order valence-corrected chi connectivity index (χ2v) is 1.07. The normalized spacial score (nSPS) is 6.43. The molecule has 2 nitrogen and oxygen atoms in total. The fourth-order valence-corrected chi connectivity index (χ4v) is 0. The summed E-state index contributed by atoms with van der Waals surface area (Å²) in [6.07, 6.45) is 0. The van der Waals surface area contributed by atoms with E-state index in [2.05, 4.69) is 6.58 Å². The summed E-state index contributed by atoms with van der Waals surface area (Å²) in [6, 6.07) is 0. The fraction of sp³-hybridized carbons (Fsp3) is 0.250. The lowest BCUT2D eigenvalue weighted by Crippen LogP contribution is -2.22. The van der Waals surface area contributed by atoms with E-state index in [0.29, 0.717) is 0 Å². The van der Waals surface area contributed by atoms with Crippen LogP contribution >= 0.6 is 0 Å². The molecule has 0 aromatic rings. The number of rotatable bonds is 1. The third kappa shape index (κ3) is 5.50. The van der Waals surface area contributed by atoms with Gasteiger partial charge in [0.05, 0.1) is 18.4 Å². The van der Waals surface area contributed by atoms with Crippen LogP contribution < -0.4 is 5.11 Å². The summed E-state index contributed by atoms with van der Waals surface area (Å²) in [5.41, 5.74) is 0.0648. The molecule has 7 heavy (non-hydrogen) atoms. The molecule has 0 rings (SSSR count). The Morgan fingerprint density at radius 3 is 1.86 bits per heavy atom. The minimum atomic E-state index is -1.19. The number of halogens is 1. The average molecular weight is 123 g/mol. The predicted octanol–water partition coefficient (Wildman–Crippen LogP) is -1.22. The zero-order chi connectivity index (χ0) is 5.15. The summed E-state index contributed by atoms with van der Waals surface area (Å²) in [4.78, 5) is 9.49. The second-order valence-electron chi connectivity index (χ2n) is 1.07. The van der Waals surface area contributed by atoms with Crippen molar-refractivity contribution in [2.24, 2.45) is 0 Å². The molecule has 0 aliphatic rings. The van der Waals surface area contributed by atoms with Crippen molar-refractivity contribution in [3.05, 3.63) is 12.2 Å². The largest absolute Gasteiger partial charge is 0.545 e. The van der Waals surface area contributed by atoms with Crippen LogP contribution in [0.15, 0.2) is 12.2 Å². The van der Waals surface area contributed by atoms with Crippen molar-refractivity contribution in [3.8, 4) is 0 Å². The Morgan fingerprint density at radius 1 is 1.71 bits per heavy atom. The summed E-state index contributed by atoms with van der Waals surface area (Å²) >= 11 is 0. The summed E-state index contributed by atoms with van der Waals surface area (Å²) in [6.45, 7) is 4.48. The Hall–Kier alpha value is -0.500. The zero-order valence-electron chi connectivity index (χ0n) is 3.97. The first-order valence-electron chi connectivity index (χ1n) is 1.51. The van der Waals surface area contributed by atoms with Crippen molar-refractivity contribution < 1.29 is 22.3 Å². The van der Waals surface area contributed by atoms with Gasteiger partial charge in [0.2, 0.25) is 0 Å². The summed E-state index contributed by atoms with van der Waals surface area (Å²) in [5.74, 6) is -1.19. The van der Waals surface area contributed by atoms with Crippen LogP contribution in [0.25, 0.3) is 0 Å². The van der Waals surface area contributed by atoms with Crippen LogP contribution in [0.2, 0.25) is 0 Å². The van der Waals surface area contributed by atoms with E-state index in [4.69, 9.17) is 0 Å². The van der Waals surface area contributed by atoms with Gasteiger partial charge in [0.1, 0.15) is 0 Å². The Morgan fingerprint density at radius 2 is 1.86 bits per heavy atom. The minimum absolute atomic E-state index is 0. The number of carbonyl (C=O) groups excluding carboxylic acids is 1. The molecule has 0 unspecified atom stereocenters. The topological polar surface area (TPSA) is 40.1 Å². The quantitative estimate of drug-likeness (QED) is 0.409. The molecule has 0 aliphatic heterocycles. The average Bonchev–Trinajstić information content (AvgIpc) is 1.36. The van der Waals surface area contributed by atoms with Gasteiger partial charge in [-0.3, -0.25) is 0 Å². The fourth-order valence-electron chi connectivity index (χ4n) is 0. The van der Waals surface area contributed by atoms with E-state index in [0.717, 1.165) is 0 Å². The smallest absolute Gasteiger partial charge is 0.0903 e. The first-order valence-corrected chi connectivity index (χ1v) is 1.51. The maximum atomic E-state index is 9.49. The molecule has 0 atom stereocenters. The monoisotopic (exact) mass is 122 g/mol. The number of aliphatic carboxylic acids is 1. The van der Waals surface area contributed by atoms with Crippen molar-refractivity contribution in [2.75, 3.05) is 0 Å². The summed E-state index contributed by atoms with van der Waals surface area (Å²) < 4.78 is 0. The van der Waals surface area contributed by atoms with E-state index in [1.807, 2.05) is 0 Å². The van der Waals surface area contributed by atoms with E-state index in [9.17, 15) is 9.90 Å². The Labute approximate surface area is 48.3 Å². The van der Waals surface area contributed by atoms with Gasteiger partial charge < -0.3 is 9.90 Å². The van der Waals surface area contributed by atoms with Gasteiger partial charge in [0, 0.05) is 0 Å². The molecule has 0 fully saturated rings. The SMILES string of the molecule is C=C(C)C(=O)[O-].[ClH2+]. The molecule has 0 aliphatic carbocycles. The van der Waals surface area contributed by atoms with Crippen LogP contribution in [0.5, 0.6) is 0 Å². The molecular formula is C4H7ClO2. The van der Waals surface area contributed by atoms with Crippen molar-refractivity contribution in [3.63, 3.8) is 0 Å². The molecule has 42 valence electrons. The molecule has 0 saturated carbocycles. The number of carboxylic acids is 1. The van der Waals surface area contributed by atoms with Crippen molar-refractivity contribution >= 4 is 5.97 Å². The highest BCUT2D eigenvalue weighted by molar-refractivity contribution is 5.82. The van der Waals surface area contributed by atoms with Gasteiger partial charge in [-0.05, 0) is 12.5 Å². The molecular weight excluding hydrogens is 115 g/mol. The van der Waals surface area contributed by atoms with Gasteiger partial charge in [-0.2, -0.15) is 0 Å². The van der Waals surface area contributed by atoms with Crippen molar-refractivity contribution in [1.29, 1.82) is 0 Å². The van der Waals surface area contributed by atoms with Crippen molar-refractivity contribution in [2.45, 2.75) is 6.92 Å². The van der Waals surface area contributed by atoms with E-state index in [1.165, 1.54) is 6.92 Å². The second kappa shape index (κ2) is 3.68. The maximum absolute atomic E-state index is 9.49. The number of hydrogen-bond donors (Lipinski definition) is 0. The van der Waals surface area contributed by atoms with Gasteiger partial charge in [-0.15, -0.1) is 0 Å².